The van der Waals surface area contributed by atoms with Crippen LogP contribution in [0.4, 0.5) is 5.82 Å². The second kappa shape index (κ2) is 3.99. The highest BCUT2D eigenvalue weighted by Crippen LogP contribution is 2.37. The number of hydrogen-bond acceptors (Lipinski definition) is 6. The van der Waals surface area contributed by atoms with Crippen LogP contribution in [0.25, 0.3) is 21.8 Å². The van der Waals surface area contributed by atoms with Crippen molar-refractivity contribution in [3.05, 3.63) is 36.2 Å². The number of anilines is 1. The zero-order chi connectivity index (χ0) is 11.7. The van der Waals surface area contributed by atoms with Gasteiger partial charge in [-0.1, -0.05) is 5.16 Å². The molecular weight excluding hydrogens is 236 g/mol. The average molecular weight is 244 g/mol. The first kappa shape index (κ1) is 9.98. The zero-order valence-electron chi connectivity index (χ0n) is 8.70. The number of hydrogen-bond donors (Lipinski definition) is 1. The summed E-state index contributed by atoms with van der Waals surface area (Å²) in [5.74, 6) is 1.02. The molecule has 0 unspecified atom stereocenters. The summed E-state index contributed by atoms with van der Waals surface area (Å²) in [5.41, 5.74) is 9.30. The third kappa shape index (κ3) is 1.68. The van der Waals surface area contributed by atoms with Gasteiger partial charge in [-0.25, -0.2) is 0 Å². The molecule has 0 amide bonds. The van der Waals surface area contributed by atoms with Crippen molar-refractivity contribution in [2.45, 2.75) is 0 Å². The first-order valence-electron chi connectivity index (χ1n) is 4.90. The molecular formula is C11H8N4OS. The Labute approximate surface area is 101 Å². The predicted octanol–water partition coefficient (Wildman–Crippen LogP) is 2.44. The molecule has 0 radical (unpaired) electrons. The SMILES string of the molecule is Nc1noc(-c2cncs2)c1-c1ccncc1. The van der Waals surface area contributed by atoms with Crippen LogP contribution in [-0.2, 0) is 0 Å². The summed E-state index contributed by atoms with van der Waals surface area (Å²) in [7, 11) is 0. The lowest BCUT2D eigenvalue weighted by Crippen LogP contribution is -1.88. The van der Waals surface area contributed by atoms with E-state index in [2.05, 4.69) is 15.1 Å². The molecule has 0 saturated carbocycles. The Hall–Kier alpha value is -2.21. The molecule has 0 saturated heterocycles. The second-order valence-electron chi connectivity index (χ2n) is 3.37. The van der Waals surface area contributed by atoms with Crippen LogP contribution in [0.15, 0.2) is 40.8 Å². The maximum Gasteiger partial charge on any atom is 0.188 e. The molecule has 84 valence electrons. The third-order valence-electron chi connectivity index (χ3n) is 2.34. The Balaban J connectivity index is 2.20. The maximum atomic E-state index is 5.84. The summed E-state index contributed by atoms with van der Waals surface area (Å²) in [6.07, 6.45) is 5.14. The summed E-state index contributed by atoms with van der Waals surface area (Å²) in [4.78, 5) is 8.90. The van der Waals surface area contributed by atoms with Gasteiger partial charge in [0.2, 0.25) is 0 Å². The van der Waals surface area contributed by atoms with Crippen LogP contribution in [0.1, 0.15) is 0 Å². The minimum absolute atomic E-state index is 0.375. The molecule has 2 N–H and O–H groups in total. The Kier molecular flexibility index (Phi) is 2.34. The van der Waals surface area contributed by atoms with Gasteiger partial charge in [0.15, 0.2) is 11.6 Å². The summed E-state index contributed by atoms with van der Waals surface area (Å²) in [6, 6.07) is 3.74. The summed E-state index contributed by atoms with van der Waals surface area (Å²) in [6.45, 7) is 0. The Morgan fingerprint density at radius 1 is 1.18 bits per heavy atom. The first-order chi connectivity index (χ1) is 8.36. The quantitative estimate of drug-likeness (QED) is 0.749. The number of rotatable bonds is 2. The topological polar surface area (TPSA) is 77.8 Å². The van der Waals surface area contributed by atoms with Gasteiger partial charge in [-0.15, -0.1) is 11.3 Å². The van der Waals surface area contributed by atoms with E-state index >= 15 is 0 Å². The molecule has 0 fully saturated rings. The van der Waals surface area contributed by atoms with Gasteiger partial charge in [-0.2, -0.15) is 0 Å². The third-order valence-corrected chi connectivity index (χ3v) is 3.12. The molecule has 0 spiro atoms. The van der Waals surface area contributed by atoms with Crippen molar-refractivity contribution >= 4 is 17.2 Å². The molecule has 0 aliphatic carbocycles. The Morgan fingerprint density at radius 2 is 2.00 bits per heavy atom. The molecule has 0 bridgehead atoms. The van der Waals surface area contributed by atoms with Crippen LogP contribution < -0.4 is 5.73 Å². The van der Waals surface area contributed by atoms with Crippen LogP contribution in [0.3, 0.4) is 0 Å². The van der Waals surface area contributed by atoms with Gasteiger partial charge >= 0.3 is 0 Å². The smallest absolute Gasteiger partial charge is 0.188 e. The van der Waals surface area contributed by atoms with Crippen LogP contribution in [-0.4, -0.2) is 15.1 Å². The van der Waals surface area contributed by atoms with Crippen LogP contribution in [0, 0.1) is 0 Å². The van der Waals surface area contributed by atoms with E-state index in [4.69, 9.17) is 10.3 Å². The van der Waals surface area contributed by atoms with Crippen molar-refractivity contribution in [2.75, 3.05) is 5.73 Å². The summed E-state index contributed by atoms with van der Waals surface area (Å²) >= 11 is 1.48. The van der Waals surface area contributed by atoms with Gasteiger partial charge in [0.25, 0.3) is 0 Å². The van der Waals surface area contributed by atoms with Crippen LogP contribution >= 0.6 is 11.3 Å². The number of thiazole rings is 1. The number of nitrogens with two attached hydrogens (primary N) is 1. The van der Waals surface area contributed by atoms with Crippen molar-refractivity contribution < 1.29 is 4.52 Å². The molecule has 0 atom stereocenters. The van der Waals surface area contributed by atoms with Gasteiger partial charge in [0.05, 0.1) is 16.0 Å². The number of nitrogen functional groups attached to an aromatic ring is 1. The van der Waals surface area contributed by atoms with Crippen molar-refractivity contribution in [3.63, 3.8) is 0 Å². The highest BCUT2D eigenvalue weighted by molar-refractivity contribution is 7.13. The minimum Gasteiger partial charge on any atom is -0.380 e. The van der Waals surface area contributed by atoms with E-state index < -0.39 is 0 Å². The highest BCUT2D eigenvalue weighted by atomic mass is 32.1. The fourth-order valence-corrected chi connectivity index (χ4v) is 2.20. The van der Waals surface area contributed by atoms with Gasteiger partial charge in [0.1, 0.15) is 0 Å². The number of pyridine rings is 1. The Morgan fingerprint density at radius 3 is 2.71 bits per heavy atom. The van der Waals surface area contributed by atoms with E-state index in [-0.39, 0.29) is 0 Å². The van der Waals surface area contributed by atoms with E-state index in [0.29, 0.717) is 11.6 Å². The van der Waals surface area contributed by atoms with Crippen molar-refractivity contribution in [3.8, 4) is 21.8 Å². The Bertz CT molecular complexity index is 618. The fraction of sp³-hybridized carbons (Fsp3) is 0. The molecule has 17 heavy (non-hydrogen) atoms. The normalized spacial score (nSPS) is 10.6. The molecule has 3 aromatic heterocycles. The largest absolute Gasteiger partial charge is 0.380 e. The van der Waals surface area contributed by atoms with E-state index in [9.17, 15) is 0 Å². The molecule has 5 nitrogen and oxygen atoms in total. The van der Waals surface area contributed by atoms with E-state index in [1.54, 1.807) is 24.1 Å². The van der Waals surface area contributed by atoms with Crippen LogP contribution in [0.5, 0.6) is 0 Å². The molecule has 3 heterocycles. The van der Waals surface area contributed by atoms with Crippen molar-refractivity contribution in [1.29, 1.82) is 0 Å². The fourth-order valence-electron chi connectivity index (χ4n) is 1.60. The zero-order valence-corrected chi connectivity index (χ0v) is 9.52. The number of aromatic nitrogens is 3. The van der Waals surface area contributed by atoms with Gasteiger partial charge < -0.3 is 10.3 Å². The molecule has 0 aliphatic heterocycles. The highest BCUT2D eigenvalue weighted by Gasteiger charge is 2.18. The molecule has 6 heteroatoms. The van der Waals surface area contributed by atoms with Gasteiger partial charge in [-0.05, 0) is 17.7 Å². The van der Waals surface area contributed by atoms with Crippen molar-refractivity contribution in [1.82, 2.24) is 15.1 Å². The number of nitrogens with zero attached hydrogens (tertiary/aromatic N) is 3. The van der Waals surface area contributed by atoms with Gasteiger partial charge in [-0.3, -0.25) is 9.97 Å². The summed E-state index contributed by atoms with van der Waals surface area (Å²) in [5, 5.41) is 3.81. The van der Waals surface area contributed by atoms with E-state index in [1.807, 2.05) is 12.1 Å². The van der Waals surface area contributed by atoms with E-state index in [1.165, 1.54) is 11.3 Å². The second-order valence-corrected chi connectivity index (χ2v) is 4.26. The molecule has 3 rings (SSSR count). The minimum atomic E-state index is 0.375. The maximum absolute atomic E-state index is 5.84. The van der Waals surface area contributed by atoms with E-state index in [0.717, 1.165) is 16.0 Å². The van der Waals surface area contributed by atoms with Crippen molar-refractivity contribution in [2.24, 2.45) is 0 Å². The molecule has 3 aromatic rings. The lowest BCUT2D eigenvalue weighted by atomic mass is 10.1. The lowest BCUT2D eigenvalue weighted by Gasteiger charge is -1.99. The predicted molar refractivity (Wildman–Crippen MR) is 65.3 cm³/mol. The van der Waals surface area contributed by atoms with Crippen LogP contribution in [0.2, 0.25) is 0 Å². The average Bonchev–Trinajstić information content (AvgIpc) is 2.98. The van der Waals surface area contributed by atoms with Gasteiger partial charge in [0, 0.05) is 18.6 Å². The summed E-state index contributed by atoms with van der Waals surface area (Å²) < 4.78 is 5.27. The monoisotopic (exact) mass is 244 g/mol. The standard InChI is InChI=1S/C11H8N4OS/c12-11-9(7-1-3-13-4-2-7)10(16-15-11)8-5-14-6-17-8/h1-6H,(H2,12,15). The molecule has 0 aliphatic rings. The molecule has 0 aromatic carbocycles. The lowest BCUT2D eigenvalue weighted by molar-refractivity contribution is 0.437. The first-order valence-corrected chi connectivity index (χ1v) is 5.78.